The van der Waals surface area contributed by atoms with Gasteiger partial charge in [-0.05, 0) is 56.2 Å². The number of hydrogen-bond donors (Lipinski definition) is 1. The van der Waals surface area contributed by atoms with Crippen LogP contribution in [0.25, 0.3) is 0 Å². The molecule has 1 heterocycles. The molecule has 15 heavy (non-hydrogen) atoms. The van der Waals surface area contributed by atoms with E-state index in [0.29, 0.717) is 6.04 Å². The molecule has 0 aliphatic heterocycles. The first-order valence-corrected chi connectivity index (χ1v) is 6.06. The maximum absolute atomic E-state index is 5.42. The minimum absolute atomic E-state index is 0.615. The van der Waals surface area contributed by atoms with Crippen LogP contribution in [-0.4, -0.2) is 13.1 Å². The highest BCUT2D eigenvalue weighted by Crippen LogP contribution is 2.55. The molecule has 0 saturated heterocycles. The van der Waals surface area contributed by atoms with Gasteiger partial charge in [0.1, 0.15) is 5.76 Å². The van der Waals surface area contributed by atoms with Crippen molar-refractivity contribution in [2.75, 3.05) is 7.05 Å². The SMILES string of the molecule is CNC(Cc1ccco1)C1CC2CC2C1. The van der Waals surface area contributed by atoms with E-state index < -0.39 is 0 Å². The summed E-state index contributed by atoms with van der Waals surface area (Å²) in [6, 6.07) is 4.68. The molecule has 2 fully saturated rings. The first-order chi connectivity index (χ1) is 7.36. The third-order valence-corrected chi connectivity index (χ3v) is 4.22. The lowest BCUT2D eigenvalue weighted by Gasteiger charge is -2.23. The summed E-state index contributed by atoms with van der Waals surface area (Å²) in [7, 11) is 2.08. The highest BCUT2D eigenvalue weighted by molar-refractivity contribution is 5.05. The van der Waals surface area contributed by atoms with Gasteiger partial charge in [0.2, 0.25) is 0 Å². The van der Waals surface area contributed by atoms with E-state index in [4.69, 9.17) is 4.42 Å². The lowest BCUT2D eigenvalue weighted by molar-refractivity contribution is 0.330. The average Bonchev–Trinajstić information content (AvgIpc) is 2.73. The zero-order valence-corrected chi connectivity index (χ0v) is 9.28. The van der Waals surface area contributed by atoms with Crippen LogP contribution in [0.3, 0.4) is 0 Å². The van der Waals surface area contributed by atoms with Crippen molar-refractivity contribution in [3.63, 3.8) is 0 Å². The topological polar surface area (TPSA) is 25.2 Å². The molecule has 0 amide bonds. The van der Waals surface area contributed by atoms with Gasteiger partial charge in [-0.3, -0.25) is 0 Å². The Kier molecular flexibility index (Phi) is 2.32. The molecule has 1 N–H and O–H groups in total. The van der Waals surface area contributed by atoms with Gasteiger partial charge in [0.15, 0.2) is 0 Å². The molecular weight excluding hydrogens is 186 g/mol. The van der Waals surface area contributed by atoms with Crippen LogP contribution in [0.4, 0.5) is 0 Å². The van der Waals surface area contributed by atoms with Crippen molar-refractivity contribution in [1.29, 1.82) is 0 Å². The fourth-order valence-corrected chi connectivity index (χ4v) is 3.24. The van der Waals surface area contributed by atoms with Crippen LogP contribution in [0, 0.1) is 17.8 Å². The molecule has 1 aromatic rings. The van der Waals surface area contributed by atoms with Crippen molar-refractivity contribution in [2.45, 2.75) is 31.7 Å². The lowest BCUT2D eigenvalue weighted by atomic mass is 9.91. The Morgan fingerprint density at radius 3 is 2.80 bits per heavy atom. The summed E-state index contributed by atoms with van der Waals surface area (Å²) in [6.45, 7) is 0. The molecule has 3 rings (SSSR count). The molecule has 2 heteroatoms. The smallest absolute Gasteiger partial charge is 0.105 e. The molecule has 0 bridgehead atoms. The fraction of sp³-hybridized carbons (Fsp3) is 0.692. The number of hydrogen-bond acceptors (Lipinski definition) is 2. The first kappa shape index (κ1) is 9.46. The summed E-state index contributed by atoms with van der Waals surface area (Å²) < 4.78 is 5.42. The predicted molar refractivity (Wildman–Crippen MR) is 59.6 cm³/mol. The zero-order valence-electron chi connectivity index (χ0n) is 9.28. The van der Waals surface area contributed by atoms with Crippen molar-refractivity contribution in [1.82, 2.24) is 5.32 Å². The lowest BCUT2D eigenvalue weighted by Crippen LogP contribution is -2.34. The summed E-state index contributed by atoms with van der Waals surface area (Å²) in [4.78, 5) is 0. The zero-order chi connectivity index (χ0) is 10.3. The standard InChI is InChI=1S/C13H19NO/c1-14-13(8-12-3-2-4-15-12)11-6-9-5-10(9)7-11/h2-4,9-11,13-14H,5-8H2,1H3. The second-order valence-electron chi connectivity index (χ2n) is 5.17. The Morgan fingerprint density at radius 1 is 1.40 bits per heavy atom. The molecule has 0 spiro atoms. The summed E-state index contributed by atoms with van der Waals surface area (Å²) in [5.41, 5.74) is 0. The molecular formula is C13H19NO. The highest BCUT2D eigenvalue weighted by Gasteiger charge is 2.47. The number of fused-ring (bicyclic) bond motifs is 1. The number of rotatable bonds is 4. The summed E-state index contributed by atoms with van der Waals surface area (Å²) >= 11 is 0. The summed E-state index contributed by atoms with van der Waals surface area (Å²) in [5.74, 6) is 4.14. The quantitative estimate of drug-likeness (QED) is 0.816. The Morgan fingerprint density at radius 2 is 2.20 bits per heavy atom. The molecule has 3 atom stereocenters. The Balaban J connectivity index is 1.61. The third-order valence-electron chi connectivity index (χ3n) is 4.22. The molecule has 2 nitrogen and oxygen atoms in total. The predicted octanol–water partition coefficient (Wildman–Crippen LogP) is 2.46. The summed E-state index contributed by atoms with van der Waals surface area (Å²) in [5, 5.41) is 3.46. The number of likely N-dealkylation sites (N-methyl/N-ethyl adjacent to an activating group) is 1. The fourth-order valence-electron chi connectivity index (χ4n) is 3.24. The van der Waals surface area contributed by atoms with E-state index in [1.54, 1.807) is 6.26 Å². The van der Waals surface area contributed by atoms with Crippen LogP contribution in [0.1, 0.15) is 25.0 Å². The normalized spacial score (nSPS) is 35.1. The molecule has 0 aromatic carbocycles. The van der Waals surface area contributed by atoms with Gasteiger partial charge in [-0.2, -0.15) is 0 Å². The van der Waals surface area contributed by atoms with E-state index in [1.807, 2.05) is 6.07 Å². The van der Waals surface area contributed by atoms with Gasteiger partial charge in [0.25, 0.3) is 0 Å². The van der Waals surface area contributed by atoms with Crippen molar-refractivity contribution < 1.29 is 4.42 Å². The van der Waals surface area contributed by atoms with E-state index in [0.717, 1.165) is 29.9 Å². The molecule has 0 radical (unpaired) electrons. The van der Waals surface area contributed by atoms with Crippen LogP contribution in [0.15, 0.2) is 22.8 Å². The van der Waals surface area contributed by atoms with Crippen LogP contribution in [0.5, 0.6) is 0 Å². The Labute approximate surface area is 91.0 Å². The second kappa shape index (κ2) is 3.67. The molecule has 82 valence electrons. The van der Waals surface area contributed by atoms with E-state index in [1.165, 1.54) is 19.3 Å². The Bertz CT molecular complexity index is 309. The maximum Gasteiger partial charge on any atom is 0.105 e. The van der Waals surface area contributed by atoms with Gasteiger partial charge in [0.05, 0.1) is 6.26 Å². The van der Waals surface area contributed by atoms with Gasteiger partial charge < -0.3 is 9.73 Å². The van der Waals surface area contributed by atoms with Gasteiger partial charge in [0, 0.05) is 12.5 Å². The van der Waals surface area contributed by atoms with E-state index in [2.05, 4.69) is 18.4 Å². The maximum atomic E-state index is 5.42. The van der Waals surface area contributed by atoms with Crippen LogP contribution in [0.2, 0.25) is 0 Å². The van der Waals surface area contributed by atoms with E-state index in [9.17, 15) is 0 Å². The van der Waals surface area contributed by atoms with Crippen LogP contribution < -0.4 is 5.32 Å². The van der Waals surface area contributed by atoms with Crippen molar-refractivity contribution >= 4 is 0 Å². The summed E-state index contributed by atoms with van der Waals surface area (Å²) in [6.07, 6.45) is 7.21. The van der Waals surface area contributed by atoms with E-state index in [-0.39, 0.29) is 0 Å². The van der Waals surface area contributed by atoms with Crippen molar-refractivity contribution in [2.24, 2.45) is 17.8 Å². The molecule has 2 aliphatic carbocycles. The second-order valence-corrected chi connectivity index (χ2v) is 5.17. The molecule has 3 unspecified atom stereocenters. The van der Waals surface area contributed by atoms with Crippen LogP contribution >= 0.6 is 0 Å². The molecule has 2 aliphatic rings. The number of nitrogens with one attached hydrogen (secondary N) is 1. The number of furan rings is 1. The first-order valence-electron chi connectivity index (χ1n) is 6.06. The highest BCUT2D eigenvalue weighted by atomic mass is 16.3. The minimum atomic E-state index is 0.615. The minimum Gasteiger partial charge on any atom is -0.469 e. The van der Waals surface area contributed by atoms with Crippen molar-refractivity contribution in [3.05, 3.63) is 24.2 Å². The Hall–Kier alpha value is -0.760. The largest absolute Gasteiger partial charge is 0.469 e. The molecule has 2 saturated carbocycles. The van der Waals surface area contributed by atoms with Crippen LogP contribution in [-0.2, 0) is 6.42 Å². The van der Waals surface area contributed by atoms with Gasteiger partial charge in [-0.1, -0.05) is 0 Å². The van der Waals surface area contributed by atoms with Crippen molar-refractivity contribution in [3.8, 4) is 0 Å². The monoisotopic (exact) mass is 205 g/mol. The average molecular weight is 205 g/mol. The third kappa shape index (κ3) is 1.83. The molecule has 1 aromatic heterocycles. The van der Waals surface area contributed by atoms with Gasteiger partial charge in [-0.25, -0.2) is 0 Å². The van der Waals surface area contributed by atoms with E-state index >= 15 is 0 Å². The van der Waals surface area contributed by atoms with Gasteiger partial charge >= 0.3 is 0 Å². The van der Waals surface area contributed by atoms with Gasteiger partial charge in [-0.15, -0.1) is 0 Å².